The number of anilines is 1. The van der Waals surface area contributed by atoms with E-state index in [1.165, 1.54) is 22.6 Å². The topological polar surface area (TPSA) is 101 Å². The maximum Gasteiger partial charge on any atom is 0.343 e. The van der Waals surface area contributed by atoms with E-state index in [2.05, 4.69) is 20.8 Å². The molecule has 0 aromatic heterocycles. The van der Waals surface area contributed by atoms with Crippen LogP contribution in [0.1, 0.15) is 96.0 Å². The highest BCUT2D eigenvalue weighted by molar-refractivity contribution is 6.22. The summed E-state index contributed by atoms with van der Waals surface area (Å²) in [6.07, 6.45) is 3.69. The Hall–Kier alpha value is -3.81. The molecule has 43 heavy (non-hydrogen) atoms. The van der Waals surface area contributed by atoms with Gasteiger partial charge in [-0.2, -0.15) is 0 Å². The Morgan fingerprint density at radius 2 is 1.16 bits per heavy atom. The first-order valence-electron chi connectivity index (χ1n) is 15.6. The molecule has 2 saturated heterocycles. The largest absolute Gasteiger partial charge is 0.423 e. The van der Waals surface area contributed by atoms with Gasteiger partial charge in [-0.1, -0.05) is 46.8 Å². The van der Waals surface area contributed by atoms with Gasteiger partial charge in [-0.15, -0.1) is 0 Å². The monoisotopic (exact) mass is 586 g/mol. The van der Waals surface area contributed by atoms with E-state index < -0.39 is 35.2 Å². The molecule has 0 bridgehead atoms. The van der Waals surface area contributed by atoms with E-state index in [1.807, 2.05) is 32.9 Å². The smallest absolute Gasteiger partial charge is 0.343 e. The van der Waals surface area contributed by atoms with Crippen LogP contribution < -0.4 is 9.64 Å². The van der Waals surface area contributed by atoms with Crippen LogP contribution >= 0.6 is 0 Å². The summed E-state index contributed by atoms with van der Waals surface area (Å²) in [4.78, 5) is 69.3. The van der Waals surface area contributed by atoms with E-state index in [1.54, 1.807) is 24.3 Å². The van der Waals surface area contributed by atoms with Crippen molar-refractivity contribution in [1.82, 2.24) is 4.90 Å². The second-order valence-corrected chi connectivity index (χ2v) is 12.9. The first-order chi connectivity index (χ1) is 20.4. The molecule has 1 saturated carbocycles. The number of ether oxygens (including phenoxy) is 1. The summed E-state index contributed by atoms with van der Waals surface area (Å²) in [7, 11) is 0. The Morgan fingerprint density at radius 1 is 0.698 bits per heavy atom. The van der Waals surface area contributed by atoms with Crippen molar-refractivity contribution in [1.29, 1.82) is 0 Å². The normalized spacial score (nSPS) is 24.0. The van der Waals surface area contributed by atoms with Crippen LogP contribution in [0, 0.1) is 23.7 Å². The molecular weight excluding hydrogens is 544 g/mol. The van der Waals surface area contributed by atoms with Gasteiger partial charge in [-0.25, -0.2) is 4.79 Å². The van der Waals surface area contributed by atoms with Crippen LogP contribution in [0.2, 0.25) is 0 Å². The van der Waals surface area contributed by atoms with Crippen molar-refractivity contribution in [2.24, 2.45) is 23.7 Å². The van der Waals surface area contributed by atoms with E-state index in [4.69, 9.17) is 4.74 Å². The lowest BCUT2D eigenvalue weighted by atomic mass is 9.70. The number of fused-ring (bicyclic) bond motifs is 2. The minimum atomic E-state index is -0.644. The highest BCUT2D eigenvalue weighted by Gasteiger charge is 2.61. The van der Waals surface area contributed by atoms with Crippen LogP contribution in [0.25, 0.3) is 0 Å². The Kier molecular flexibility index (Phi) is 8.09. The summed E-state index contributed by atoms with van der Waals surface area (Å²) < 4.78 is 5.58. The predicted molar refractivity (Wildman–Crippen MR) is 162 cm³/mol. The molecule has 8 heteroatoms. The van der Waals surface area contributed by atoms with Crippen LogP contribution in [0.15, 0.2) is 48.5 Å². The fourth-order valence-corrected chi connectivity index (χ4v) is 7.03. The molecule has 8 nitrogen and oxygen atoms in total. The fraction of sp³-hybridized carbons (Fsp3) is 0.514. The van der Waals surface area contributed by atoms with E-state index in [-0.39, 0.29) is 47.4 Å². The summed E-state index contributed by atoms with van der Waals surface area (Å²) in [5.41, 5.74) is 1.33. The number of carbonyl (C=O) groups is 5. The van der Waals surface area contributed by atoms with Gasteiger partial charge in [0, 0.05) is 5.54 Å². The summed E-state index contributed by atoms with van der Waals surface area (Å²) in [5.74, 6) is -3.71. The van der Waals surface area contributed by atoms with Gasteiger partial charge in [0.25, 0.3) is 0 Å². The summed E-state index contributed by atoms with van der Waals surface area (Å²) in [6, 6.07) is 13.8. The molecule has 3 fully saturated rings. The van der Waals surface area contributed by atoms with E-state index >= 15 is 0 Å². The number of imide groups is 2. The van der Waals surface area contributed by atoms with Crippen molar-refractivity contribution >= 4 is 35.3 Å². The first-order valence-corrected chi connectivity index (χ1v) is 15.6. The molecule has 0 spiro atoms. The zero-order valence-corrected chi connectivity index (χ0v) is 26.0. The Balaban J connectivity index is 1.28. The molecule has 4 amide bonds. The molecule has 228 valence electrons. The van der Waals surface area contributed by atoms with Crippen LogP contribution in [-0.2, 0) is 24.6 Å². The Labute approximate surface area is 253 Å². The fourth-order valence-electron chi connectivity index (χ4n) is 7.03. The third kappa shape index (κ3) is 4.98. The van der Waals surface area contributed by atoms with Crippen LogP contribution in [0.4, 0.5) is 5.69 Å². The molecule has 5 rings (SSSR count). The zero-order valence-electron chi connectivity index (χ0n) is 26.0. The van der Waals surface area contributed by atoms with Gasteiger partial charge in [0.05, 0.1) is 34.9 Å². The first kappa shape index (κ1) is 30.6. The molecule has 2 heterocycles. The predicted octanol–water partition coefficient (Wildman–Crippen LogP) is 6.06. The maximum absolute atomic E-state index is 13.5. The second-order valence-electron chi connectivity index (χ2n) is 12.9. The number of hydrogen-bond acceptors (Lipinski definition) is 6. The number of rotatable bonds is 9. The molecule has 3 aliphatic rings. The average molecular weight is 587 g/mol. The van der Waals surface area contributed by atoms with Crippen molar-refractivity contribution < 1.29 is 28.7 Å². The molecule has 2 aliphatic heterocycles. The van der Waals surface area contributed by atoms with Gasteiger partial charge in [0.15, 0.2) is 0 Å². The number of nitrogens with zero attached hydrogens (tertiary/aromatic N) is 2. The van der Waals surface area contributed by atoms with Gasteiger partial charge < -0.3 is 4.74 Å². The molecule has 0 N–H and O–H groups in total. The summed E-state index contributed by atoms with van der Waals surface area (Å²) in [6.45, 7) is 12.4. The summed E-state index contributed by atoms with van der Waals surface area (Å²) in [5, 5.41) is 0. The SMILES string of the molecule is CCC(C)(CC)c1ccc(OC(=O)c2ccc(N3C(=O)C4CC5C(=O)N(C(C)(CC)CC)C(=O)C5CC4C3=O)cc2)cc1. The quantitative estimate of drug-likeness (QED) is 0.201. The molecule has 4 atom stereocenters. The highest BCUT2D eigenvalue weighted by atomic mass is 16.5. The molecule has 0 radical (unpaired) electrons. The molecular formula is C35H42N2O6. The Bertz CT molecular complexity index is 1400. The van der Waals surface area contributed by atoms with Crippen LogP contribution in [-0.4, -0.2) is 40.0 Å². The van der Waals surface area contributed by atoms with Gasteiger partial charge in [0.2, 0.25) is 23.6 Å². The number of hydrogen-bond donors (Lipinski definition) is 0. The molecule has 2 aromatic rings. The third-order valence-electron chi connectivity index (χ3n) is 10.9. The molecule has 2 aromatic carbocycles. The minimum Gasteiger partial charge on any atom is -0.423 e. The number of carbonyl (C=O) groups excluding carboxylic acids is 5. The molecule has 4 unspecified atom stereocenters. The third-order valence-corrected chi connectivity index (χ3v) is 10.9. The highest BCUT2D eigenvalue weighted by Crippen LogP contribution is 2.50. The second kappa shape index (κ2) is 11.4. The lowest BCUT2D eigenvalue weighted by molar-refractivity contribution is -0.147. The van der Waals surface area contributed by atoms with E-state index in [0.29, 0.717) is 24.3 Å². The van der Waals surface area contributed by atoms with Crippen molar-refractivity contribution in [3.05, 3.63) is 59.7 Å². The average Bonchev–Trinajstić information content (AvgIpc) is 3.43. The van der Waals surface area contributed by atoms with E-state index in [0.717, 1.165) is 17.7 Å². The molecule has 1 aliphatic carbocycles. The van der Waals surface area contributed by atoms with Crippen molar-refractivity contribution in [2.75, 3.05) is 4.90 Å². The van der Waals surface area contributed by atoms with Crippen molar-refractivity contribution in [2.45, 2.75) is 91.0 Å². The summed E-state index contributed by atoms with van der Waals surface area (Å²) >= 11 is 0. The number of esters is 1. The number of benzene rings is 2. The van der Waals surface area contributed by atoms with Crippen molar-refractivity contribution in [3.63, 3.8) is 0 Å². The van der Waals surface area contributed by atoms with Gasteiger partial charge >= 0.3 is 5.97 Å². The van der Waals surface area contributed by atoms with Crippen LogP contribution in [0.3, 0.4) is 0 Å². The van der Waals surface area contributed by atoms with Crippen LogP contribution in [0.5, 0.6) is 5.75 Å². The maximum atomic E-state index is 13.5. The Morgan fingerprint density at radius 3 is 1.60 bits per heavy atom. The number of amides is 4. The lowest BCUT2D eigenvalue weighted by Crippen LogP contribution is -2.49. The minimum absolute atomic E-state index is 0.0655. The van der Waals surface area contributed by atoms with Gasteiger partial charge in [-0.05, 0) is 92.8 Å². The van der Waals surface area contributed by atoms with Crippen molar-refractivity contribution in [3.8, 4) is 5.75 Å². The standard InChI is InChI=1S/C35H42N2O6/c1-7-34(5,8-2)22-13-17-24(18-14-22)43-33(42)21-11-15-23(16-12-21)36-29(38)25-19-27-28(20-26(25)30(36)39)32(41)37(31(27)40)35(6,9-3)10-4/h11-18,25-28H,7-10,19-20H2,1-6H3. The number of likely N-dealkylation sites (tertiary alicyclic amines) is 1. The lowest BCUT2D eigenvalue weighted by Gasteiger charge is -2.36. The van der Waals surface area contributed by atoms with Gasteiger partial charge in [-0.3, -0.25) is 29.0 Å². The van der Waals surface area contributed by atoms with E-state index in [9.17, 15) is 24.0 Å². The zero-order chi connectivity index (χ0) is 31.3. The van der Waals surface area contributed by atoms with Gasteiger partial charge in [0.1, 0.15) is 5.75 Å².